The topological polar surface area (TPSA) is 125 Å². The highest BCUT2D eigenvalue weighted by atomic mass is 35.5. The number of rotatable bonds is 8. The lowest BCUT2D eigenvalue weighted by molar-refractivity contribution is -0.142. The molecule has 0 radical (unpaired) electrons. The van der Waals surface area contributed by atoms with Gasteiger partial charge in [-0.2, -0.15) is 22.8 Å². The maximum Gasteiger partial charge on any atom is 0.408 e. The summed E-state index contributed by atoms with van der Waals surface area (Å²) < 4.78 is 67.3. The summed E-state index contributed by atoms with van der Waals surface area (Å²) in [6.07, 6.45) is -1.09. The second-order valence-electron chi connectivity index (χ2n) is 9.84. The van der Waals surface area contributed by atoms with Crippen LogP contribution in [0.25, 0.3) is 10.9 Å². The van der Waals surface area contributed by atoms with E-state index < -0.39 is 30.5 Å². The molecule has 0 spiro atoms. The van der Waals surface area contributed by atoms with Gasteiger partial charge in [-0.05, 0) is 29.8 Å². The molecular formula is C29H21ClF5N9O. The molecule has 10 nitrogen and oxygen atoms in total. The molecule has 1 atom stereocenters. The summed E-state index contributed by atoms with van der Waals surface area (Å²) in [6.45, 7) is 0.0197. The third-order valence-corrected chi connectivity index (χ3v) is 6.97. The normalized spacial score (nSPS) is 12.1. The second kappa shape index (κ2) is 12.3. The number of amides is 1. The average molecular weight is 642 g/mol. The molecule has 3 aromatic heterocycles. The molecular weight excluding hydrogens is 621 g/mol. The van der Waals surface area contributed by atoms with E-state index in [0.717, 1.165) is 18.5 Å². The number of anilines is 4. The fourth-order valence-electron chi connectivity index (χ4n) is 4.49. The van der Waals surface area contributed by atoms with Crippen molar-refractivity contribution in [2.75, 3.05) is 22.6 Å². The van der Waals surface area contributed by atoms with E-state index in [9.17, 15) is 32.0 Å². The van der Waals surface area contributed by atoms with Crippen LogP contribution in [0, 0.1) is 23.1 Å². The van der Waals surface area contributed by atoms with Crippen molar-refractivity contribution in [3.8, 4) is 6.07 Å². The van der Waals surface area contributed by atoms with E-state index in [-0.39, 0.29) is 39.1 Å². The quantitative estimate of drug-likeness (QED) is 0.145. The van der Waals surface area contributed by atoms with E-state index in [1.165, 1.54) is 24.1 Å². The Morgan fingerprint density at radius 1 is 1.13 bits per heavy atom. The van der Waals surface area contributed by atoms with Gasteiger partial charge in [0, 0.05) is 43.0 Å². The van der Waals surface area contributed by atoms with Crippen LogP contribution in [0.2, 0.25) is 5.02 Å². The van der Waals surface area contributed by atoms with Gasteiger partial charge >= 0.3 is 6.18 Å². The van der Waals surface area contributed by atoms with Gasteiger partial charge in [0.15, 0.2) is 5.82 Å². The lowest BCUT2D eigenvalue weighted by Crippen LogP contribution is -2.23. The summed E-state index contributed by atoms with van der Waals surface area (Å²) in [5, 5.41) is 23.9. The van der Waals surface area contributed by atoms with Gasteiger partial charge < -0.3 is 15.5 Å². The van der Waals surface area contributed by atoms with Crippen molar-refractivity contribution >= 4 is 51.2 Å². The Kier molecular flexibility index (Phi) is 8.51. The Morgan fingerprint density at radius 3 is 2.60 bits per heavy atom. The number of hydrogen-bond donors (Lipinski definition) is 2. The Labute approximate surface area is 257 Å². The second-order valence-corrected chi connectivity index (χ2v) is 10.2. The van der Waals surface area contributed by atoms with Crippen LogP contribution >= 0.6 is 11.6 Å². The predicted molar refractivity (Wildman–Crippen MR) is 156 cm³/mol. The molecule has 0 aliphatic rings. The molecule has 45 heavy (non-hydrogen) atoms. The first kappa shape index (κ1) is 31.1. The minimum absolute atomic E-state index is 0.0398. The minimum Gasteiger partial charge on any atom is -0.373 e. The molecule has 3 heterocycles. The van der Waals surface area contributed by atoms with Crippen LogP contribution < -0.4 is 15.5 Å². The molecule has 5 aromatic rings. The molecule has 0 aliphatic heterocycles. The highest BCUT2D eigenvalue weighted by Gasteiger charge is 2.30. The van der Waals surface area contributed by atoms with E-state index in [0.29, 0.717) is 27.0 Å². The highest BCUT2D eigenvalue weighted by Crippen LogP contribution is 2.37. The zero-order valence-electron chi connectivity index (χ0n) is 23.4. The molecule has 16 heteroatoms. The number of nitriles is 1. The van der Waals surface area contributed by atoms with Crippen LogP contribution in [0.1, 0.15) is 29.8 Å². The van der Waals surface area contributed by atoms with Crippen molar-refractivity contribution < 1.29 is 26.7 Å². The van der Waals surface area contributed by atoms with Gasteiger partial charge in [-0.25, -0.2) is 14.1 Å². The first-order valence-corrected chi connectivity index (χ1v) is 13.4. The van der Waals surface area contributed by atoms with Crippen molar-refractivity contribution in [3.63, 3.8) is 0 Å². The Morgan fingerprint density at radius 2 is 1.91 bits per heavy atom. The summed E-state index contributed by atoms with van der Waals surface area (Å²) >= 11 is 6.60. The Bertz CT molecular complexity index is 1960. The molecule has 0 fully saturated rings. The number of hydrogen-bond acceptors (Lipinski definition) is 8. The van der Waals surface area contributed by atoms with Gasteiger partial charge in [0.1, 0.15) is 18.3 Å². The van der Waals surface area contributed by atoms with E-state index in [1.54, 1.807) is 37.4 Å². The molecule has 0 unspecified atom stereocenters. The molecule has 1 amide bonds. The molecule has 0 aliphatic carbocycles. The number of halogens is 6. The maximum absolute atomic E-state index is 13.9. The van der Waals surface area contributed by atoms with E-state index in [1.807, 2.05) is 6.07 Å². The highest BCUT2D eigenvalue weighted by molar-refractivity contribution is 6.36. The van der Waals surface area contributed by atoms with Gasteiger partial charge in [-0.15, -0.1) is 5.10 Å². The molecule has 230 valence electrons. The summed E-state index contributed by atoms with van der Waals surface area (Å²) in [5.41, 5.74) is 2.00. The van der Waals surface area contributed by atoms with Crippen molar-refractivity contribution in [1.29, 1.82) is 5.26 Å². The van der Waals surface area contributed by atoms with Gasteiger partial charge in [0.25, 0.3) is 0 Å². The maximum atomic E-state index is 13.9. The number of pyridine rings is 2. The molecule has 0 saturated carbocycles. The molecule has 2 aromatic carbocycles. The lowest BCUT2D eigenvalue weighted by atomic mass is 10.0. The van der Waals surface area contributed by atoms with Crippen molar-refractivity contribution in [2.45, 2.75) is 25.7 Å². The smallest absolute Gasteiger partial charge is 0.373 e. The fraction of sp³-hybridized carbons (Fsp3) is 0.172. The fourth-order valence-corrected chi connectivity index (χ4v) is 4.76. The molecule has 2 N–H and O–H groups in total. The van der Waals surface area contributed by atoms with Gasteiger partial charge in [-0.1, -0.05) is 28.9 Å². The predicted octanol–water partition coefficient (Wildman–Crippen LogP) is 6.51. The number of benzene rings is 2. The number of carbonyl (C=O) groups is 1. The number of alkyl halides is 3. The van der Waals surface area contributed by atoms with Crippen LogP contribution in [0.5, 0.6) is 0 Å². The average Bonchev–Trinajstić information content (AvgIpc) is 3.44. The SMILES string of the molecule is CC(=O)N(C)c1cccc([C@H](Nc2cc(Cl)c3ncc(C#N)c(Nc4cnc(F)c(F)c4)c3c2)c2cn(CC(F)(F)F)nn2)c1. The largest absolute Gasteiger partial charge is 0.408 e. The van der Waals surface area contributed by atoms with E-state index >= 15 is 0 Å². The number of nitrogens with zero attached hydrogens (tertiary/aromatic N) is 7. The summed E-state index contributed by atoms with van der Waals surface area (Å²) in [7, 11) is 1.57. The van der Waals surface area contributed by atoms with E-state index in [4.69, 9.17) is 11.6 Å². The lowest BCUT2D eigenvalue weighted by Gasteiger charge is -2.22. The van der Waals surface area contributed by atoms with Crippen LogP contribution in [-0.4, -0.2) is 44.1 Å². The van der Waals surface area contributed by atoms with Crippen LogP contribution in [0.15, 0.2) is 61.1 Å². The number of nitrogens with one attached hydrogen (secondary N) is 2. The van der Waals surface area contributed by atoms with Crippen molar-refractivity contribution in [1.82, 2.24) is 25.0 Å². The van der Waals surface area contributed by atoms with Crippen LogP contribution in [0.4, 0.5) is 44.7 Å². The minimum atomic E-state index is -4.54. The summed E-state index contributed by atoms with van der Waals surface area (Å²) in [6, 6.07) is 11.8. The first-order valence-electron chi connectivity index (χ1n) is 13.0. The number of carbonyl (C=O) groups excluding carboxylic acids is 1. The van der Waals surface area contributed by atoms with Crippen LogP contribution in [0.3, 0.4) is 0 Å². The summed E-state index contributed by atoms with van der Waals surface area (Å²) in [5.74, 6) is -2.76. The Balaban J connectivity index is 1.62. The molecule has 5 rings (SSSR count). The van der Waals surface area contributed by atoms with Crippen molar-refractivity contribution in [2.24, 2.45) is 0 Å². The zero-order chi connectivity index (χ0) is 32.5. The van der Waals surface area contributed by atoms with E-state index in [2.05, 4.69) is 30.9 Å². The van der Waals surface area contributed by atoms with Crippen molar-refractivity contribution in [3.05, 3.63) is 94.7 Å². The zero-order valence-corrected chi connectivity index (χ0v) is 24.1. The monoisotopic (exact) mass is 641 g/mol. The van der Waals surface area contributed by atoms with Gasteiger partial charge in [0.2, 0.25) is 11.9 Å². The third-order valence-electron chi connectivity index (χ3n) is 6.68. The summed E-state index contributed by atoms with van der Waals surface area (Å²) in [4.78, 5) is 21.0. The number of aromatic nitrogens is 5. The van der Waals surface area contributed by atoms with Gasteiger partial charge in [0.05, 0.1) is 45.9 Å². The molecule has 0 bridgehead atoms. The molecule has 0 saturated heterocycles. The first-order chi connectivity index (χ1) is 21.3. The standard InChI is InChI=1S/C29H21ClF5N9O/c1-15(45)43(2)20-5-3-4-16(6-20)26(24-13-44(42-41-24)14-29(33,34)35)39-18-7-21-25(40-19-9-23(31)28(32)38-12-19)17(10-36)11-37-27(21)22(30)8-18/h3-9,11-13,26,39H,14H2,1-2H3,(H,37,40)/t26-/m0/s1. The number of fused-ring (bicyclic) bond motifs is 1. The third kappa shape index (κ3) is 6.91. The van der Waals surface area contributed by atoms with Gasteiger partial charge in [-0.3, -0.25) is 9.78 Å². The van der Waals surface area contributed by atoms with Crippen LogP contribution in [-0.2, 0) is 11.3 Å². The Hall–Kier alpha value is -5.36.